The molecule has 8 heteroatoms. The maximum atomic E-state index is 11.6. The van der Waals surface area contributed by atoms with Crippen LogP contribution in [0.2, 0.25) is 0 Å². The van der Waals surface area contributed by atoms with Crippen molar-refractivity contribution in [1.82, 2.24) is 20.9 Å². The number of nitrogens with one attached hydrogen (secondary N) is 3. The molecule has 0 aliphatic heterocycles. The van der Waals surface area contributed by atoms with Crippen molar-refractivity contribution >= 4 is 23.4 Å². The van der Waals surface area contributed by atoms with Crippen LogP contribution in [0.3, 0.4) is 0 Å². The van der Waals surface area contributed by atoms with E-state index in [1.165, 1.54) is 4.88 Å². The summed E-state index contributed by atoms with van der Waals surface area (Å²) in [6.45, 7) is 14.1. The van der Waals surface area contributed by atoms with Crippen LogP contribution in [0.5, 0.6) is 0 Å². The van der Waals surface area contributed by atoms with Crippen LogP contribution < -0.4 is 16.0 Å². The summed E-state index contributed by atoms with van der Waals surface area (Å²) in [5.74, 6) is 0.743. The fourth-order valence-corrected chi connectivity index (χ4v) is 3.00. The number of aryl methyl sites for hydroxylation is 2. The third kappa shape index (κ3) is 9.28. The number of rotatable bonds is 7. The highest BCUT2D eigenvalue weighted by molar-refractivity contribution is 7.11. The van der Waals surface area contributed by atoms with Crippen LogP contribution in [0.15, 0.2) is 4.99 Å². The lowest BCUT2D eigenvalue weighted by Crippen LogP contribution is -2.42. The molecule has 1 amide bonds. The van der Waals surface area contributed by atoms with Crippen molar-refractivity contribution in [3.8, 4) is 0 Å². The molecule has 0 aliphatic rings. The van der Waals surface area contributed by atoms with Crippen molar-refractivity contribution in [3.63, 3.8) is 0 Å². The fourth-order valence-electron chi connectivity index (χ4n) is 2.08. The van der Waals surface area contributed by atoms with Gasteiger partial charge in [-0.3, -0.25) is 4.99 Å². The zero-order valence-electron chi connectivity index (χ0n) is 16.2. The Labute approximate surface area is 154 Å². The minimum atomic E-state index is -0.485. The molecule has 0 saturated carbocycles. The molecule has 3 N–H and O–H groups in total. The lowest BCUT2D eigenvalue weighted by atomic mass is 10.2. The monoisotopic (exact) mass is 369 g/mol. The third-order valence-corrected chi connectivity index (χ3v) is 4.17. The van der Waals surface area contributed by atoms with Crippen molar-refractivity contribution in [2.24, 2.45) is 4.99 Å². The number of guanidine groups is 1. The lowest BCUT2D eigenvalue weighted by molar-refractivity contribution is 0.0529. The number of ether oxygens (including phenoxy) is 1. The Bertz CT molecular complexity index is 578. The van der Waals surface area contributed by atoms with Gasteiger partial charge in [-0.1, -0.05) is 0 Å². The summed E-state index contributed by atoms with van der Waals surface area (Å²) in [6, 6.07) is 0. The van der Waals surface area contributed by atoms with Gasteiger partial charge in [0.05, 0.1) is 10.7 Å². The molecular formula is C17H31N5O2S. The molecule has 1 heterocycles. The van der Waals surface area contributed by atoms with Crippen LogP contribution >= 0.6 is 11.3 Å². The summed E-state index contributed by atoms with van der Waals surface area (Å²) in [7, 11) is 0. The van der Waals surface area contributed by atoms with E-state index in [4.69, 9.17) is 4.74 Å². The van der Waals surface area contributed by atoms with Crippen LogP contribution in [-0.4, -0.2) is 48.8 Å². The molecule has 0 fully saturated rings. The standard InChI is InChI=1S/C17H31N5O2S/c1-7-18-15(19-9-8-14-12(2)22-13(3)25-14)20-10-11-21-16(23)24-17(4,5)6/h7-11H2,1-6H3,(H,21,23)(H2,18,19,20). The van der Waals surface area contributed by atoms with Crippen molar-refractivity contribution in [2.45, 2.75) is 53.6 Å². The molecule has 0 radical (unpaired) electrons. The number of amides is 1. The first-order valence-electron chi connectivity index (χ1n) is 8.63. The Hall–Kier alpha value is -1.83. The van der Waals surface area contributed by atoms with Gasteiger partial charge in [-0.2, -0.15) is 0 Å². The quantitative estimate of drug-likeness (QED) is 0.390. The second-order valence-electron chi connectivity index (χ2n) is 6.61. The van der Waals surface area contributed by atoms with Gasteiger partial charge in [0.2, 0.25) is 0 Å². The number of thiazole rings is 1. The highest BCUT2D eigenvalue weighted by Gasteiger charge is 2.15. The van der Waals surface area contributed by atoms with Gasteiger partial charge in [0.25, 0.3) is 0 Å². The summed E-state index contributed by atoms with van der Waals surface area (Å²) < 4.78 is 5.19. The summed E-state index contributed by atoms with van der Waals surface area (Å²) >= 11 is 1.73. The van der Waals surface area contributed by atoms with E-state index < -0.39 is 11.7 Å². The number of hydrogen-bond donors (Lipinski definition) is 3. The summed E-state index contributed by atoms with van der Waals surface area (Å²) in [4.78, 5) is 21.9. The minimum Gasteiger partial charge on any atom is -0.444 e. The predicted molar refractivity (Wildman–Crippen MR) is 104 cm³/mol. The van der Waals surface area contributed by atoms with Crippen LogP contribution in [0, 0.1) is 13.8 Å². The Balaban J connectivity index is 2.35. The smallest absolute Gasteiger partial charge is 0.407 e. The van der Waals surface area contributed by atoms with E-state index in [1.54, 1.807) is 11.3 Å². The topological polar surface area (TPSA) is 87.6 Å². The molecule has 7 nitrogen and oxygen atoms in total. The maximum absolute atomic E-state index is 11.6. The average Bonchev–Trinajstić information content (AvgIpc) is 2.79. The number of nitrogens with zero attached hydrogens (tertiary/aromatic N) is 2. The van der Waals surface area contributed by atoms with Gasteiger partial charge < -0.3 is 20.7 Å². The number of carbonyl (C=O) groups is 1. The SMILES string of the molecule is CCNC(=NCCc1sc(C)nc1C)NCCNC(=O)OC(C)(C)C. The first kappa shape index (κ1) is 21.2. The van der Waals surface area contributed by atoms with Crippen molar-refractivity contribution in [3.05, 3.63) is 15.6 Å². The molecule has 0 unspecified atom stereocenters. The molecule has 0 aromatic carbocycles. The zero-order chi connectivity index (χ0) is 18.9. The molecule has 0 bridgehead atoms. The number of carbonyl (C=O) groups excluding carboxylic acids is 1. The highest BCUT2D eigenvalue weighted by atomic mass is 32.1. The van der Waals surface area contributed by atoms with Crippen LogP contribution in [0.4, 0.5) is 4.79 Å². The maximum Gasteiger partial charge on any atom is 0.407 e. The molecule has 1 aromatic heterocycles. The number of aliphatic imine (C=N–C) groups is 1. The van der Waals surface area contributed by atoms with Gasteiger partial charge in [-0.15, -0.1) is 11.3 Å². The molecule has 0 atom stereocenters. The minimum absolute atomic E-state index is 0.410. The van der Waals surface area contributed by atoms with E-state index in [0.29, 0.717) is 19.6 Å². The molecule has 0 aliphatic carbocycles. The Kier molecular flexibility index (Phi) is 8.68. The average molecular weight is 370 g/mol. The third-order valence-electron chi connectivity index (χ3n) is 3.04. The molecule has 0 spiro atoms. The van der Waals surface area contributed by atoms with E-state index in [0.717, 1.165) is 29.6 Å². The summed E-state index contributed by atoms with van der Waals surface area (Å²) in [5.41, 5.74) is 0.610. The van der Waals surface area contributed by atoms with E-state index in [-0.39, 0.29) is 0 Å². The van der Waals surface area contributed by atoms with Crippen LogP contribution in [0.1, 0.15) is 43.3 Å². The largest absolute Gasteiger partial charge is 0.444 e. The molecule has 0 saturated heterocycles. The van der Waals surface area contributed by atoms with Crippen LogP contribution in [-0.2, 0) is 11.2 Å². The van der Waals surface area contributed by atoms with Crippen molar-refractivity contribution in [2.75, 3.05) is 26.2 Å². The van der Waals surface area contributed by atoms with Crippen LogP contribution in [0.25, 0.3) is 0 Å². The highest BCUT2D eigenvalue weighted by Crippen LogP contribution is 2.17. The van der Waals surface area contributed by atoms with E-state index >= 15 is 0 Å². The number of alkyl carbamates (subject to hydrolysis) is 1. The van der Waals surface area contributed by atoms with Gasteiger partial charge in [-0.05, 0) is 41.5 Å². The van der Waals surface area contributed by atoms with Crippen molar-refractivity contribution < 1.29 is 9.53 Å². The fraction of sp³-hybridized carbons (Fsp3) is 0.706. The molecular weight excluding hydrogens is 338 g/mol. The summed E-state index contributed by atoms with van der Waals surface area (Å²) in [6.07, 6.45) is 0.469. The van der Waals surface area contributed by atoms with Gasteiger partial charge >= 0.3 is 6.09 Å². The Morgan fingerprint density at radius 1 is 1.20 bits per heavy atom. The summed E-state index contributed by atoms with van der Waals surface area (Å²) in [5, 5.41) is 10.2. The van der Waals surface area contributed by atoms with Gasteiger partial charge in [0.15, 0.2) is 5.96 Å². The van der Waals surface area contributed by atoms with Gasteiger partial charge in [0.1, 0.15) is 5.60 Å². The number of aromatic nitrogens is 1. The molecule has 25 heavy (non-hydrogen) atoms. The van der Waals surface area contributed by atoms with E-state index in [1.807, 2.05) is 41.5 Å². The zero-order valence-corrected chi connectivity index (χ0v) is 17.0. The van der Waals surface area contributed by atoms with E-state index in [2.05, 4.69) is 25.9 Å². The first-order chi connectivity index (χ1) is 11.7. The van der Waals surface area contributed by atoms with Gasteiger partial charge in [0, 0.05) is 37.5 Å². The second-order valence-corrected chi connectivity index (χ2v) is 7.90. The molecule has 142 valence electrons. The Morgan fingerprint density at radius 2 is 1.88 bits per heavy atom. The first-order valence-corrected chi connectivity index (χ1v) is 9.45. The Morgan fingerprint density at radius 3 is 2.44 bits per heavy atom. The second kappa shape index (κ2) is 10.2. The molecule has 1 rings (SSSR count). The molecule has 1 aromatic rings. The normalized spacial score (nSPS) is 12.0. The van der Waals surface area contributed by atoms with Gasteiger partial charge in [-0.25, -0.2) is 9.78 Å². The predicted octanol–water partition coefficient (Wildman–Crippen LogP) is 2.38. The lowest BCUT2D eigenvalue weighted by Gasteiger charge is -2.19. The van der Waals surface area contributed by atoms with Crippen molar-refractivity contribution in [1.29, 1.82) is 0 Å². The number of hydrogen-bond acceptors (Lipinski definition) is 5. The van der Waals surface area contributed by atoms with E-state index in [9.17, 15) is 4.79 Å².